The number of sulfonamides is 1. The summed E-state index contributed by atoms with van der Waals surface area (Å²) in [7, 11) is -3.79. The van der Waals surface area contributed by atoms with Crippen LogP contribution in [0.1, 0.15) is 50.1 Å². The second-order valence-corrected chi connectivity index (χ2v) is 7.31. The van der Waals surface area contributed by atoms with E-state index in [0.29, 0.717) is 11.6 Å². The molecule has 1 fully saturated rings. The molecule has 1 aromatic heterocycles. The van der Waals surface area contributed by atoms with E-state index in [1.807, 2.05) is 20.8 Å². The minimum Gasteiger partial charge on any atom is -0.348 e. The molecule has 112 valence electrons. The molecule has 1 saturated carbocycles. The Morgan fingerprint density at radius 3 is 2.45 bits per heavy atom. The molecule has 1 aromatic rings. The summed E-state index contributed by atoms with van der Waals surface area (Å²) in [6.45, 7) is 5.95. The van der Waals surface area contributed by atoms with Crippen molar-refractivity contribution in [2.75, 3.05) is 0 Å². The maximum absolute atomic E-state index is 12.3. The summed E-state index contributed by atoms with van der Waals surface area (Å²) >= 11 is 0. The second kappa shape index (κ2) is 5.21. The normalized spacial score (nSPS) is 17.2. The fourth-order valence-corrected chi connectivity index (χ4v) is 2.43. The van der Waals surface area contributed by atoms with Gasteiger partial charge in [-0.05, 0) is 31.7 Å². The van der Waals surface area contributed by atoms with Gasteiger partial charge >= 0.3 is 0 Å². The quantitative estimate of drug-likeness (QED) is 0.856. The Morgan fingerprint density at radius 1 is 1.40 bits per heavy atom. The van der Waals surface area contributed by atoms with Gasteiger partial charge < -0.3 is 9.88 Å². The molecule has 0 aliphatic heterocycles. The highest BCUT2D eigenvalue weighted by Crippen LogP contribution is 2.37. The number of hydrogen-bond donors (Lipinski definition) is 2. The minimum atomic E-state index is -3.79. The molecule has 7 heteroatoms. The Bertz CT molecular complexity index is 615. The van der Waals surface area contributed by atoms with E-state index in [-0.39, 0.29) is 22.9 Å². The van der Waals surface area contributed by atoms with Crippen molar-refractivity contribution in [1.82, 2.24) is 9.88 Å². The molecule has 2 rings (SSSR count). The van der Waals surface area contributed by atoms with E-state index in [2.05, 4.69) is 5.32 Å². The summed E-state index contributed by atoms with van der Waals surface area (Å²) < 4.78 is 24.6. The van der Waals surface area contributed by atoms with Gasteiger partial charge in [0.05, 0.1) is 0 Å². The van der Waals surface area contributed by atoms with E-state index in [4.69, 9.17) is 5.14 Å². The fraction of sp³-hybridized carbons (Fsp3) is 0.615. The van der Waals surface area contributed by atoms with Crippen LogP contribution in [0, 0.1) is 5.92 Å². The first-order valence-electron chi connectivity index (χ1n) is 6.75. The van der Waals surface area contributed by atoms with Crippen molar-refractivity contribution < 1.29 is 13.2 Å². The average Bonchev–Trinajstić information content (AvgIpc) is 3.05. The molecule has 0 radical (unpaired) electrons. The molecule has 0 spiro atoms. The molecule has 1 aliphatic rings. The van der Waals surface area contributed by atoms with Crippen LogP contribution in [0.25, 0.3) is 0 Å². The standard InChI is InChI=1S/C13H21N3O3S/c1-8(2)9(3)15-13(17)12-6-11(20(14,18)19)7-16(12)10-4-5-10/h6-10H,4-5H2,1-3H3,(H,15,17)(H2,14,18,19). The SMILES string of the molecule is CC(C)C(C)NC(=O)c1cc(S(N)(=O)=O)cn1C1CC1. The van der Waals surface area contributed by atoms with Crippen molar-refractivity contribution in [2.45, 2.75) is 50.6 Å². The fourth-order valence-electron chi connectivity index (χ4n) is 1.89. The molecule has 3 N–H and O–H groups in total. The lowest BCUT2D eigenvalue weighted by atomic mass is 10.1. The largest absolute Gasteiger partial charge is 0.348 e. The average molecular weight is 299 g/mol. The molecular formula is C13H21N3O3S. The number of carbonyl (C=O) groups is 1. The van der Waals surface area contributed by atoms with E-state index >= 15 is 0 Å². The topological polar surface area (TPSA) is 94.2 Å². The minimum absolute atomic E-state index is 0.00764. The van der Waals surface area contributed by atoms with E-state index in [1.54, 1.807) is 4.57 Å². The summed E-state index contributed by atoms with van der Waals surface area (Å²) in [5, 5.41) is 8.02. The van der Waals surface area contributed by atoms with Crippen molar-refractivity contribution >= 4 is 15.9 Å². The third-order valence-electron chi connectivity index (χ3n) is 3.68. The Balaban J connectivity index is 2.30. The molecule has 1 amide bonds. The zero-order valence-electron chi connectivity index (χ0n) is 12.0. The maximum Gasteiger partial charge on any atom is 0.268 e. The molecular weight excluding hydrogens is 278 g/mol. The van der Waals surface area contributed by atoms with Gasteiger partial charge in [-0.2, -0.15) is 0 Å². The first kappa shape index (κ1) is 15.1. The molecule has 0 bridgehead atoms. The van der Waals surface area contributed by atoms with E-state index in [9.17, 15) is 13.2 Å². The zero-order valence-corrected chi connectivity index (χ0v) is 12.8. The number of amides is 1. The lowest BCUT2D eigenvalue weighted by molar-refractivity contribution is 0.0921. The van der Waals surface area contributed by atoms with Gasteiger partial charge in [0.15, 0.2) is 0 Å². The molecule has 1 atom stereocenters. The van der Waals surface area contributed by atoms with Gasteiger partial charge in [-0.3, -0.25) is 4.79 Å². The third-order valence-corrected chi connectivity index (χ3v) is 4.56. The number of hydrogen-bond acceptors (Lipinski definition) is 3. The van der Waals surface area contributed by atoms with E-state index < -0.39 is 10.0 Å². The molecule has 1 aliphatic carbocycles. The van der Waals surface area contributed by atoms with Crippen LogP contribution in [0.5, 0.6) is 0 Å². The number of aromatic nitrogens is 1. The van der Waals surface area contributed by atoms with Crippen LogP contribution in [0.4, 0.5) is 0 Å². The Morgan fingerprint density at radius 2 is 2.00 bits per heavy atom. The monoisotopic (exact) mass is 299 g/mol. The summed E-state index contributed by atoms with van der Waals surface area (Å²) in [6.07, 6.45) is 3.37. The molecule has 1 unspecified atom stereocenters. The van der Waals surface area contributed by atoms with Crippen molar-refractivity contribution in [3.63, 3.8) is 0 Å². The van der Waals surface area contributed by atoms with Gasteiger partial charge in [0.25, 0.3) is 5.91 Å². The summed E-state index contributed by atoms with van der Waals surface area (Å²) in [6, 6.07) is 1.58. The predicted molar refractivity (Wildman–Crippen MR) is 75.8 cm³/mol. The second-order valence-electron chi connectivity index (χ2n) is 5.75. The number of carbonyl (C=O) groups excluding carboxylic acids is 1. The van der Waals surface area contributed by atoms with E-state index in [0.717, 1.165) is 12.8 Å². The molecule has 20 heavy (non-hydrogen) atoms. The van der Waals surface area contributed by atoms with Gasteiger partial charge in [0.1, 0.15) is 10.6 Å². The predicted octanol–water partition coefficient (Wildman–Crippen LogP) is 1.24. The zero-order chi connectivity index (χ0) is 15.1. The summed E-state index contributed by atoms with van der Waals surface area (Å²) in [5.41, 5.74) is 0.365. The Hall–Kier alpha value is -1.34. The van der Waals surface area contributed by atoms with Gasteiger partial charge in [-0.25, -0.2) is 13.6 Å². The first-order chi connectivity index (χ1) is 9.20. The van der Waals surface area contributed by atoms with Gasteiger partial charge in [0, 0.05) is 18.3 Å². The Kier molecular flexibility index (Phi) is 3.93. The lowest BCUT2D eigenvalue weighted by Crippen LogP contribution is -2.37. The molecule has 1 heterocycles. The number of rotatable bonds is 5. The van der Waals surface area contributed by atoms with Crippen molar-refractivity contribution in [2.24, 2.45) is 11.1 Å². The summed E-state index contributed by atoms with van der Waals surface area (Å²) in [4.78, 5) is 12.3. The van der Waals surface area contributed by atoms with Crippen LogP contribution < -0.4 is 10.5 Å². The van der Waals surface area contributed by atoms with Crippen LogP contribution in [0.15, 0.2) is 17.2 Å². The number of nitrogens with one attached hydrogen (secondary N) is 1. The van der Waals surface area contributed by atoms with Gasteiger partial charge in [-0.1, -0.05) is 13.8 Å². The van der Waals surface area contributed by atoms with Gasteiger partial charge in [0.2, 0.25) is 10.0 Å². The van der Waals surface area contributed by atoms with Crippen molar-refractivity contribution in [3.05, 3.63) is 18.0 Å². The molecule has 6 nitrogen and oxygen atoms in total. The molecule has 0 saturated heterocycles. The van der Waals surface area contributed by atoms with Crippen molar-refractivity contribution in [3.8, 4) is 0 Å². The highest BCUT2D eigenvalue weighted by atomic mass is 32.2. The number of primary sulfonamides is 1. The van der Waals surface area contributed by atoms with Crippen LogP contribution in [-0.4, -0.2) is 24.9 Å². The Labute approximate surface area is 119 Å². The van der Waals surface area contributed by atoms with Crippen LogP contribution in [0.2, 0.25) is 0 Å². The smallest absolute Gasteiger partial charge is 0.268 e. The van der Waals surface area contributed by atoms with E-state index in [1.165, 1.54) is 12.3 Å². The van der Waals surface area contributed by atoms with Gasteiger partial charge in [-0.15, -0.1) is 0 Å². The van der Waals surface area contributed by atoms with Crippen LogP contribution >= 0.6 is 0 Å². The highest BCUT2D eigenvalue weighted by molar-refractivity contribution is 7.89. The van der Waals surface area contributed by atoms with Crippen LogP contribution in [-0.2, 0) is 10.0 Å². The first-order valence-corrected chi connectivity index (χ1v) is 8.30. The number of nitrogens with two attached hydrogens (primary N) is 1. The molecule has 0 aromatic carbocycles. The highest BCUT2D eigenvalue weighted by Gasteiger charge is 2.30. The lowest BCUT2D eigenvalue weighted by Gasteiger charge is -2.18. The van der Waals surface area contributed by atoms with Crippen molar-refractivity contribution in [1.29, 1.82) is 0 Å². The van der Waals surface area contributed by atoms with Crippen LogP contribution in [0.3, 0.4) is 0 Å². The summed E-state index contributed by atoms with van der Waals surface area (Å²) in [5.74, 6) is 0.0500. The maximum atomic E-state index is 12.3. The third kappa shape index (κ3) is 3.21. The number of nitrogens with zero attached hydrogens (tertiary/aromatic N) is 1.